The number of aromatic nitrogens is 2. The van der Waals surface area contributed by atoms with Crippen LogP contribution in [0.1, 0.15) is 40.2 Å². The second kappa shape index (κ2) is 8.12. The molecule has 0 fully saturated rings. The maximum Gasteiger partial charge on any atom is 0.277 e. The first-order chi connectivity index (χ1) is 12.1. The Morgan fingerprint density at radius 1 is 1.08 bits per heavy atom. The van der Waals surface area contributed by atoms with Crippen molar-refractivity contribution in [2.24, 2.45) is 0 Å². The third-order valence-corrected chi connectivity index (χ3v) is 4.82. The summed E-state index contributed by atoms with van der Waals surface area (Å²) in [5.74, 6) is 1.25. The van der Waals surface area contributed by atoms with Crippen molar-refractivity contribution in [1.82, 2.24) is 10.2 Å². The standard InChI is InChI=1S/C20H20N2O2S/c1-14-8-10-17(11-9-14)18(23)13-25-20-22-21-19(24-20)12-15(2)16-6-4-3-5-7-16/h3-11,15H,12-13H2,1-2H3. The van der Waals surface area contributed by atoms with Crippen molar-refractivity contribution in [3.8, 4) is 0 Å². The molecule has 0 radical (unpaired) electrons. The van der Waals surface area contributed by atoms with Crippen molar-refractivity contribution in [2.45, 2.75) is 31.4 Å². The molecule has 5 heteroatoms. The summed E-state index contributed by atoms with van der Waals surface area (Å²) in [4.78, 5) is 12.2. The Bertz CT molecular complexity index is 828. The van der Waals surface area contributed by atoms with Gasteiger partial charge in [-0.25, -0.2) is 0 Å². The van der Waals surface area contributed by atoms with Crippen LogP contribution < -0.4 is 0 Å². The molecule has 0 saturated heterocycles. The van der Waals surface area contributed by atoms with Crippen molar-refractivity contribution in [3.63, 3.8) is 0 Å². The van der Waals surface area contributed by atoms with E-state index in [0.29, 0.717) is 34.8 Å². The summed E-state index contributed by atoms with van der Waals surface area (Å²) < 4.78 is 5.67. The number of rotatable bonds is 7. The van der Waals surface area contributed by atoms with Crippen molar-refractivity contribution < 1.29 is 9.21 Å². The van der Waals surface area contributed by atoms with Gasteiger partial charge in [-0.05, 0) is 18.4 Å². The number of benzene rings is 2. The lowest BCUT2D eigenvalue weighted by Gasteiger charge is -2.08. The summed E-state index contributed by atoms with van der Waals surface area (Å²) in [5.41, 5.74) is 3.08. The van der Waals surface area contributed by atoms with Gasteiger partial charge in [-0.15, -0.1) is 10.2 Å². The van der Waals surface area contributed by atoms with Gasteiger partial charge in [0.05, 0.1) is 5.75 Å². The predicted molar refractivity (Wildman–Crippen MR) is 99.1 cm³/mol. The van der Waals surface area contributed by atoms with Gasteiger partial charge in [-0.1, -0.05) is 78.8 Å². The molecule has 0 saturated carbocycles. The number of hydrogen-bond acceptors (Lipinski definition) is 5. The molecule has 4 nitrogen and oxygen atoms in total. The minimum absolute atomic E-state index is 0.0578. The topological polar surface area (TPSA) is 56.0 Å². The first-order valence-electron chi connectivity index (χ1n) is 8.22. The van der Waals surface area contributed by atoms with Crippen LogP contribution >= 0.6 is 11.8 Å². The molecule has 1 heterocycles. The van der Waals surface area contributed by atoms with Crippen LogP contribution in [0.5, 0.6) is 0 Å². The summed E-state index contributed by atoms with van der Waals surface area (Å²) in [6, 6.07) is 17.8. The number of hydrogen-bond donors (Lipinski definition) is 0. The Hall–Kier alpha value is -2.40. The molecule has 0 aliphatic rings. The third kappa shape index (κ3) is 4.79. The van der Waals surface area contributed by atoms with Crippen molar-refractivity contribution in [3.05, 3.63) is 77.2 Å². The first-order valence-corrected chi connectivity index (χ1v) is 9.20. The van der Waals surface area contributed by atoms with Gasteiger partial charge in [-0.3, -0.25) is 4.79 Å². The molecule has 0 N–H and O–H groups in total. The van der Waals surface area contributed by atoms with E-state index in [-0.39, 0.29) is 5.78 Å². The quantitative estimate of drug-likeness (QED) is 0.456. The van der Waals surface area contributed by atoms with Gasteiger partial charge in [0.15, 0.2) is 5.78 Å². The first kappa shape index (κ1) is 17.4. The Labute approximate surface area is 151 Å². The maximum absolute atomic E-state index is 12.2. The van der Waals surface area contributed by atoms with E-state index >= 15 is 0 Å². The molecule has 0 amide bonds. The number of carbonyl (C=O) groups excluding carboxylic acids is 1. The zero-order valence-electron chi connectivity index (χ0n) is 14.3. The average Bonchev–Trinajstić information content (AvgIpc) is 3.08. The summed E-state index contributed by atoms with van der Waals surface area (Å²) in [6.45, 7) is 4.13. The van der Waals surface area contributed by atoms with Crippen LogP contribution in [0.2, 0.25) is 0 Å². The highest BCUT2D eigenvalue weighted by Gasteiger charge is 2.14. The molecule has 3 rings (SSSR count). The largest absolute Gasteiger partial charge is 0.416 e. The molecular formula is C20H20N2O2S. The Kier molecular flexibility index (Phi) is 5.66. The fraction of sp³-hybridized carbons (Fsp3) is 0.250. The van der Waals surface area contributed by atoms with Crippen molar-refractivity contribution in [1.29, 1.82) is 0 Å². The summed E-state index contributed by atoms with van der Waals surface area (Å²) >= 11 is 1.28. The minimum atomic E-state index is 0.0578. The molecule has 1 unspecified atom stereocenters. The SMILES string of the molecule is Cc1ccc(C(=O)CSc2nnc(CC(C)c3ccccc3)o2)cc1. The molecule has 0 aliphatic carbocycles. The van der Waals surface area contributed by atoms with Crippen LogP contribution in [0.3, 0.4) is 0 Å². The maximum atomic E-state index is 12.2. The van der Waals surface area contributed by atoms with Crippen LogP contribution in [0.25, 0.3) is 0 Å². The summed E-state index contributed by atoms with van der Waals surface area (Å²) in [6.07, 6.45) is 0.684. The normalized spacial score (nSPS) is 12.1. The molecule has 0 aliphatic heterocycles. The van der Waals surface area contributed by atoms with Gasteiger partial charge in [0.1, 0.15) is 0 Å². The molecule has 1 atom stereocenters. The fourth-order valence-corrected chi connectivity index (χ4v) is 3.17. The number of thioether (sulfide) groups is 1. The molecule has 1 aromatic heterocycles. The molecule has 0 spiro atoms. The number of nitrogens with zero attached hydrogens (tertiary/aromatic N) is 2. The Morgan fingerprint density at radius 3 is 2.52 bits per heavy atom. The average molecular weight is 352 g/mol. The van der Waals surface area contributed by atoms with E-state index in [4.69, 9.17) is 4.42 Å². The van der Waals surface area contributed by atoms with Crippen molar-refractivity contribution in [2.75, 3.05) is 5.75 Å². The second-order valence-corrected chi connectivity index (χ2v) is 6.98. The molecule has 3 aromatic rings. The van der Waals surface area contributed by atoms with Gasteiger partial charge < -0.3 is 4.42 Å². The zero-order valence-corrected chi connectivity index (χ0v) is 15.1. The summed E-state index contributed by atoms with van der Waals surface area (Å²) in [5, 5.41) is 8.57. The van der Waals surface area contributed by atoms with Crippen LogP contribution in [-0.2, 0) is 6.42 Å². The van der Waals surface area contributed by atoms with Gasteiger partial charge >= 0.3 is 0 Å². The van der Waals surface area contributed by atoms with E-state index in [0.717, 1.165) is 5.56 Å². The van der Waals surface area contributed by atoms with Gasteiger partial charge in [0.25, 0.3) is 5.22 Å². The number of carbonyl (C=O) groups is 1. The van der Waals surface area contributed by atoms with Crippen LogP contribution in [0, 0.1) is 6.92 Å². The lowest BCUT2D eigenvalue weighted by Crippen LogP contribution is -2.02. The van der Waals surface area contributed by atoms with E-state index < -0.39 is 0 Å². The van der Waals surface area contributed by atoms with Crippen LogP contribution in [0.15, 0.2) is 64.2 Å². The molecule has 0 bridgehead atoms. The Morgan fingerprint density at radius 2 is 1.80 bits per heavy atom. The number of aryl methyl sites for hydroxylation is 1. The number of ketones is 1. The Balaban J connectivity index is 1.55. The molecular weight excluding hydrogens is 332 g/mol. The zero-order chi connectivity index (χ0) is 17.6. The minimum Gasteiger partial charge on any atom is -0.416 e. The van der Waals surface area contributed by atoms with Gasteiger partial charge in [0, 0.05) is 12.0 Å². The molecule has 128 valence electrons. The van der Waals surface area contributed by atoms with Gasteiger partial charge in [-0.2, -0.15) is 0 Å². The lowest BCUT2D eigenvalue weighted by molar-refractivity contribution is 0.102. The highest BCUT2D eigenvalue weighted by atomic mass is 32.2. The van der Waals surface area contributed by atoms with Gasteiger partial charge in [0.2, 0.25) is 5.89 Å². The van der Waals surface area contributed by atoms with E-state index in [1.54, 1.807) is 0 Å². The lowest BCUT2D eigenvalue weighted by atomic mass is 9.98. The van der Waals surface area contributed by atoms with E-state index in [9.17, 15) is 4.79 Å². The highest BCUT2D eigenvalue weighted by molar-refractivity contribution is 7.99. The van der Waals surface area contributed by atoms with E-state index in [2.05, 4.69) is 29.3 Å². The molecule has 2 aromatic carbocycles. The van der Waals surface area contributed by atoms with Crippen LogP contribution in [0.4, 0.5) is 0 Å². The predicted octanol–water partition coefficient (Wildman–Crippen LogP) is 4.70. The van der Waals surface area contributed by atoms with Crippen molar-refractivity contribution >= 4 is 17.5 Å². The second-order valence-electron chi connectivity index (χ2n) is 6.06. The summed E-state index contributed by atoms with van der Waals surface area (Å²) in [7, 11) is 0. The number of Topliss-reactive ketones (excluding diaryl/α,β-unsaturated/α-hetero) is 1. The van der Waals surface area contributed by atoms with Crippen LogP contribution in [-0.4, -0.2) is 21.7 Å². The monoisotopic (exact) mass is 352 g/mol. The molecule has 25 heavy (non-hydrogen) atoms. The highest BCUT2D eigenvalue weighted by Crippen LogP contribution is 2.23. The third-order valence-electron chi connectivity index (χ3n) is 4.00. The van der Waals surface area contributed by atoms with E-state index in [1.807, 2.05) is 49.4 Å². The fourth-order valence-electron chi connectivity index (χ4n) is 2.49. The smallest absolute Gasteiger partial charge is 0.277 e. The van der Waals surface area contributed by atoms with E-state index in [1.165, 1.54) is 17.3 Å².